The maximum Gasteiger partial charge on any atom is 0.322 e. The summed E-state index contributed by atoms with van der Waals surface area (Å²) in [4.78, 5) is 16.2. The minimum Gasteiger partial charge on any atom is -0.322 e. The van der Waals surface area contributed by atoms with E-state index in [1.54, 1.807) is 23.1 Å². The number of carbonyl (C=O) groups excluding carboxylic acids is 1. The Balaban J connectivity index is 1.82. The number of nitrogens with one attached hydrogen (secondary N) is 1. The molecule has 1 fully saturated rings. The number of nitrogens with zero attached hydrogens (tertiary/aromatic N) is 2. The van der Waals surface area contributed by atoms with Gasteiger partial charge in [0.15, 0.2) is 0 Å². The van der Waals surface area contributed by atoms with Crippen molar-refractivity contribution in [2.75, 3.05) is 38.0 Å². The van der Waals surface area contributed by atoms with E-state index in [4.69, 9.17) is 0 Å². The minimum absolute atomic E-state index is 0.217. The van der Waals surface area contributed by atoms with E-state index in [1.165, 1.54) is 18.9 Å². The van der Waals surface area contributed by atoms with E-state index in [0.29, 0.717) is 13.1 Å². The summed E-state index contributed by atoms with van der Waals surface area (Å²) in [5.41, 5.74) is 0.242. The smallest absolute Gasteiger partial charge is 0.322 e. The van der Waals surface area contributed by atoms with E-state index in [9.17, 15) is 9.18 Å². The lowest BCUT2D eigenvalue weighted by molar-refractivity contribution is 0.146. The number of para-hydroxylation sites is 1. The van der Waals surface area contributed by atoms with Crippen molar-refractivity contribution in [2.24, 2.45) is 0 Å². The molecule has 2 amide bonds. The number of hydrogen-bond acceptors (Lipinski definition) is 2. The lowest BCUT2D eigenvalue weighted by Crippen LogP contribution is -2.50. The number of rotatable bonds is 4. The Labute approximate surface area is 119 Å². The van der Waals surface area contributed by atoms with Gasteiger partial charge in [-0.3, -0.25) is 4.90 Å². The van der Waals surface area contributed by atoms with Crippen LogP contribution in [0.3, 0.4) is 0 Å². The monoisotopic (exact) mass is 279 g/mol. The number of urea groups is 1. The van der Waals surface area contributed by atoms with Gasteiger partial charge in [-0.15, -0.1) is 0 Å². The second-order valence-electron chi connectivity index (χ2n) is 5.09. The molecule has 0 spiro atoms. The molecular formula is C15H22FN3O. The zero-order chi connectivity index (χ0) is 14.4. The molecule has 0 bridgehead atoms. The molecule has 0 aromatic heterocycles. The molecule has 0 radical (unpaired) electrons. The Bertz CT molecular complexity index is 444. The topological polar surface area (TPSA) is 35.6 Å². The Hall–Kier alpha value is -1.62. The number of carbonyl (C=O) groups is 1. The standard InChI is InChI=1S/C15H22FN3O/c1-2-3-8-18-9-11-19(12-10-18)15(20)17-14-7-5-4-6-13(14)16/h4-7H,2-3,8-12H2,1H3,(H,17,20). The summed E-state index contributed by atoms with van der Waals surface area (Å²) in [6, 6.07) is 6.02. The van der Waals surface area contributed by atoms with E-state index < -0.39 is 5.82 Å². The van der Waals surface area contributed by atoms with Crippen LogP contribution >= 0.6 is 0 Å². The van der Waals surface area contributed by atoms with Crippen LogP contribution in [0.25, 0.3) is 0 Å². The molecule has 1 aliphatic heterocycles. The van der Waals surface area contributed by atoms with Crippen LogP contribution in [-0.4, -0.2) is 48.6 Å². The maximum absolute atomic E-state index is 13.5. The van der Waals surface area contributed by atoms with Crippen LogP contribution in [0.4, 0.5) is 14.9 Å². The molecule has 0 aliphatic carbocycles. The molecule has 1 N–H and O–H groups in total. The van der Waals surface area contributed by atoms with Crippen molar-refractivity contribution in [1.82, 2.24) is 9.80 Å². The predicted molar refractivity (Wildman–Crippen MR) is 78.3 cm³/mol. The van der Waals surface area contributed by atoms with Crippen LogP contribution in [0.2, 0.25) is 0 Å². The Morgan fingerprint density at radius 1 is 1.25 bits per heavy atom. The summed E-state index contributed by atoms with van der Waals surface area (Å²) in [6.07, 6.45) is 2.38. The van der Waals surface area contributed by atoms with Crippen molar-refractivity contribution >= 4 is 11.7 Å². The van der Waals surface area contributed by atoms with E-state index in [2.05, 4.69) is 17.1 Å². The van der Waals surface area contributed by atoms with Crippen molar-refractivity contribution in [3.8, 4) is 0 Å². The SMILES string of the molecule is CCCCN1CCN(C(=O)Nc2ccccc2F)CC1. The zero-order valence-electron chi connectivity index (χ0n) is 11.9. The summed E-state index contributed by atoms with van der Waals surface area (Å²) in [6.45, 7) is 6.46. The highest BCUT2D eigenvalue weighted by Gasteiger charge is 2.21. The van der Waals surface area contributed by atoms with Crippen molar-refractivity contribution in [1.29, 1.82) is 0 Å². The summed E-state index contributed by atoms with van der Waals surface area (Å²) in [5.74, 6) is -0.401. The number of benzene rings is 1. The number of hydrogen-bond donors (Lipinski definition) is 1. The van der Waals surface area contributed by atoms with E-state index >= 15 is 0 Å². The molecule has 1 heterocycles. The van der Waals surface area contributed by atoms with Gasteiger partial charge in [0.1, 0.15) is 5.82 Å². The van der Waals surface area contributed by atoms with Gasteiger partial charge in [-0.05, 0) is 25.1 Å². The first-order chi connectivity index (χ1) is 9.70. The molecular weight excluding hydrogens is 257 g/mol. The molecule has 0 unspecified atom stereocenters. The minimum atomic E-state index is -0.401. The van der Waals surface area contributed by atoms with Crippen molar-refractivity contribution in [2.45, 2.75) is 19.8 Å². The van der Waals surface area contributed by atoms with Crippen LogP contribution in [0, 0.1) is 5.82 Å². The first-order valence-electron chi connectivity index (χ1n) is 7.23. The van der Waals surface area contributed by atoms with Gasteiger partial charge in [0.2, 0.25) is 0 Å². The summed E-state index contributed by atoms with van der Waals surface area (Å²) < 4.78 is 13.5. The summed E-state index contributed by atoms with van der Waals surface area (Å²) in [5, 5.41) is 2.63. The van der Waals surface area contributed by atoms with Gasteiger partial charge in [0.05, 0.1) is 5.69 Å². The van der Waals surface area contributed by atoms with E-state index in [-0.39, 0.29) is 11.7 Å². The first-order valence-corrected chi connectivity index (χ1v) is 7.23. The average molecular weight is 279 g/mol. The molecule has 1 aromatic rings. The van der Waals surface area contributed by atoms with Gasteiger partial charge < -0.3 is 10.2 Å². The fourth-order valence-electron chi connectivity index (χ4n) is 2.31. The van der Waals surface area contributed by atoms with Crippen molar-refractivity contribution in [3.05, 3.63) is 30.1 Å². The summed E-state index contributed by atoms with van der Waals surface area (Å²) >= 11 is 0. The third-order valence-corrected chi connectivity index (χ3v) is 3.60. The first kappa shape index (κ1) is 14.8. The van der Waals surface area contributed by atoms with Crippen LogP contribution in [-0.2, 0) is 0 Å². The Morgan fingerprint density at radius 3 is 2.60 bits per heavy atom. The van der Waals surface area contributed by atoms with Gasteiger partial charge in [-0.25, -0.2) is 9.18 Å². The number of unbranched alkanes of at least 4 members (excludes halogenated alkanes) is 1. The maximum atomic E-state index is 13.5. The lowest BCUT2D eigenvalue weighted by Gasteiger charge is -2.34. The molecule has 110 valence electrons. The highest BCUT2D eigenvalue weighted by molar-refractivity contribution is 5.89. The Morgan fingerprint density at radius 2 is 1.95 bits per heavy atom. The van der Waals surface area contributed by atoms with Crippen molar-refractivity contribution < 1.29 is 9.18 Å². The van der Waals surface area contributed by atoms with Gasteiger partial charge in [0, 0.05) is 26.2 Å². The van der Waals surface area contributed by atoms with Gasteiger partial charge in [0.25, 0.3) is 0 Å². The number of amides is 2. The second-order valence-corrected chi connectivity index (χ2v) is 5.09. The third kappa shape index (κ3) is 3.93. The van der Waals surface area contributed by atoms with Gasteiger partial charge in [-0.2, -0.15) is 0 Å². The largest absolute Gasteiger partial charge is 0.322 e. The highest BCUT2D eigenvalue weighted by Crippen LogP contribution is 2.14. The number of anilines is 1. The van der Waals surface area contributed by atoms with Gasteiger partial charge in [-0.1, -0.05) is 25.5 Å². The van der Waals surface area contributed by atoms with Gasteiger partial charge >= 0.3 is 6.03 Å². The van der Waals surface area contributed by atoms with Crippen LogP contribution < -0.4 is 5.32 Å². The molecule has 5 heteroatoms. The molecule has 4 nitrogen and oxygen atoms in total. The fourth-order valence-corrected chi connectivity index (χ4v) is 2.31. The average Bonchev–Trinajstić information content (AvgIpc) is 2.48. The molecule has 2 rings (SSSR count). The molecule has 1 saturated heterocycles. The summed E-state index contributed by atoms with van der Waals surface area (Å²) in [7, 11) is 0. The van der Waals surface area contributed by atoms with Crippen molar-refractivity contribution in [3.63, 3.8) is 0 Å². The Kier molecular flexibility index (Phi) is 5.35. The predicted octanol–water partition coefficient (Wildman–Crippen LogP) is 2.78. The molecule has 1 aliphatic rings. The zero-order valence-corrected chi connectivity index (χ0v) is 11.9. The molecule has 1 aromatic carbocycles. The van der Waals surface area contributed by atoms with Crippen LogP contribution in [0.1, 0.15) is 19.8 Å². The second kappa shape index (κ2) is 7.24. The molecule has 0 atom stereocenters. The normalized spacial score (nSPS) is 16.2. The molecule has 0 saturated carbocycles. The van der Waals surface area contributed by atoms with Crippen LogP contribution in [0.15, 0.2) is 24.3 Å². The molecule has 20 heavy (non-hydrogen) atoms. The number of halogens is 1. The van der Waals surface area contributed by atoms with E-state index in [1.807, 2.05) is 0 Å². The quantitative estimate of drug-likeness (QED) is 0.920. The third-order valence-electron chi connectivity index (χ3n) is 3.60. The highest BCUT2D eigenvalue weighted by atomic mass is 19.1. The number of piperazine rings is 1. The lowest BCUT2D eigenvalue weighted by atomic mass is 10.2. The van der Waals surface area contributed by atoms with Crippen LogP contribution in [0.5, 0.6) is 0 Å². The fraction of sp³-hybridized carbons (Fsp3) is 0.533. The van der Waals surface area contributed by atoms with E-state index in [0.717, 1.165) is 19.6 Å².